The van der Waals surface area contributed by atoms with E-state index in [-0.39, 0.29) is 0 Å². The van der Waals surface area contributed by atoms with Gasteiger partial charge in [-0.15, -0.1) is 0 Å². The number of rotatable bonds is 2. The largest absolute Gasteiger partial charge is 0.497 e. The van der Waals surface area contributed by atoms with Crippen LogP contribution in [-0.4, -0.2) is 7.11 Å². The van der Waals surface area contributed by atoms with Gasteiger partial charge in [-0.3, -0.25) is 0 Å². The van der Waals surface area contributed by atoms with Gasteiger partial charge in [0, 0.05) is 21.2 Å². The van der Waals surface area contributed by atoms with Crippen LogP contribution >= 0.6 is 23.2 Å². The van der Waals surface area contributed by atoms with Crippen molar-refractivity contribution in [3.05, 3.63) is 52.0 Å². The van der Waals surface area contributed by atoms with E-state index in [9.17, 15) is 0 Å². The predicted molar refractivity (Wildman–Crippen MR) is 73.2 cm³/mol. The molecule has 2 aromatic carbocycles. The smallest absolute Gasteiger partial charge is 0.119 e. The molecular weight excluding hydrogens is 255 g/mol. The standard InChI is InChI=1S/C14H12Cl2O/c1-9-4-3-5-13(16)14(9)11-8-10(17-2)6-7-12(11)15/h3-8H,1-2H3. The summed E-state index contributed by atoms with van der Waals surface area (Å²) < 4.78 is 5.21. The zero-order valence-corrected chi connectivity index (χ0v) is 11.1. The SMILES string of the molecule is COc1ccc(Cl)c(-c2c(C)cccc2Cl)c1. The Morgan fingerprint density at radius 1 is 1.00 bits per heavy atom. The highest BCUT2D eigenvalue weighted by Gasteiger charge is 2.11. The van der Waals surface area contributed by atoms with Crippen molar-refractivity contribution in [3.8, 4) is 16.9 Å². The number of methoxy groups -OCH3 is 1. The highest BCUT2D eigenvalue weighted by Crippen LogP contribution is 2.37. The first-order valence-electron chi connectivity index (χ1n) is 5.22. The molecule has 0 aromatic heterocycles. The fourth-order valence-corrected chi connectivity index (χ4v) is 2.33. The summed E-state index contributed by atoms with van der Waals surface area (Å²) in [6, 6.07) is 11.3. The average molecular weight is 267 g/mol. The van der Waals surface area contributed by atoms with Crippen LogP contribution in [0.3, 0.4) is 0 Å². The maximum Gasteiger partial charge on any atom is 0.119 e. The minimum absolute atomic E-state index is 0.669. The summed E-state index contributed by atoms with van der Waals surface area (Å²) in [6.45, 7) is 2.01. The number of hydrogen-bond donors (Lipinski definition) is 0. The van der Waals surface area contributed by atoms with E-state index in [2.05, 4.69) is 0 Å². The topological polar surface area (TPSA) is 9.23 Å². The summed E-state index contributed by atoms with van der Waals surface area (Å²) in [5.74, 6) is 0.767. The molecule has 0 aliphatic rings. The van der Waals surface area contributed by atoms with Gasteiger partial charge in [-0.1, -0.05) is 35.3 Å². The van der Waals surface area contributed by atoms with Gasteiger partial charge in [-0.05, 0) is 36.8 Å². The highest BCUT2D eigenvalue weighted by atomic mass is 35.5. The monoisotopic (exact) mass is 266 g/mol. The molecule has 88 valence electrons. The molecule has 0 atom stereocenters. The van der Waals surface area contributed by atoms with Gasteiger partial charge in [0.15, 0.2) is 0 Å². The molecule has 0 saturated carbocycles. The van der Waals surface area contributed by atoms with Gasteiger partial charge in [0.05, 0.1) is 7.11 Å². The van der Waals surface area contributed by atoms with E-state index in [1.165, 1.54) is 0 Å². The summed E-state index contributed by atoms with van der Waals surface area (Å²) in [5.41, 5.74) is 2.94. The number of halogens is 2. The summed E-state index contributed by atoms with van der Waals surface area (Å²) in [5, 5.41) is 1.36. The highest BCUT2D eigenvalue weighted by molar-refractivity contribution is 6.36. The molecule has 0 spiro atoms. The van der Waals surface area contributed by atoms with Crippen molar-refractivity contribution in [1.82, 2.24) is 0 Å². The van der Waals surface area contributed by atoms with Crippen molar-refractivity contribution in [2.24, 2.45) is 0 Å². The van der Waals surface area contributed by atoms with E-state index < -0.39 is 0 Å². The lowest BCUT2D eigenvalue weighted by Crippen LogP contribution is -1.88. The van der Waals surface area contributed by atoms with Crippen LogP contribution in [0.2, 0.25) is 10.0 Å². The number of ether oxygens (including phenoxy) is 1. The Bertz CT molecular complexity index is 530. The van der Waals surface area contributed by atoms with Gasteiger partial charge in [-0.25, -0.2) is 0 Å². The third kappa shape index (κ3) is 2.41. The molecule has 0 fully saturated rings. The maximum atomic E-state index is 6.23. The molecule has 0 heterocycles. The lowest BCUT2D eigenvalue weighted by Gasteiger charge is -2.11. The van der Waals surface area contributed by atoms with Crippen molar-refractivity contribution in [3.63, 3.8) is 0 Å². The van der Waals surface area contributed by atoms with Crippen molar-refractivity contribution < 1.29 is 4.74 Å². The minimum Gasteiger partial charge on any atom is -0.497 e. The van der Waals surface area contributed by atoms with Gasteiger partial charge < -0.3 is 4.74 Å². The van der Waals surface area contributed by atoms with Crippen LogP contribution in [0, 0.1) is 6.92 Å². The average Bonchev–Trinajstić information content (AvgIpc) is 2.31. The Balaban J connectivity index is 2.67. The van der Waals surface area contributed by atoms with E-state index in [1.807, 2.05) is 43.3 Å². The molecule has 0 saturated heterocycles. The zero-order chi connectivity index (χ0) is 12.4. The Labute approximate surface area is 111 Å². The number of aryl methyl sites for hydroxylation is 1. The van der Waals surface area contributed by atoms with E-state index in [4.69, 9.17) is 27.9 Å². The quantitative estimate of drug-likeness (QED) is 0.745. The molecule has 0 unspecified atom stereocenters. The minimum atomic E-state index is 0.669. The molecule has 0 radical (unpaired) electrons. The molecule has 0 aliphatic heterocycles. The van der Waals surface area contributed by atoms with Crippen molar-refractivity contribution in [1.29, 1.82) is 0 Å². The van der Waals surface area contributed by atoms with Crippen LogP contribution in [0.15, 0.2) is 36.4 Å². The zero-order valence-electron chi connectivity index (χ0n) is 9.63. The molecule has 0 amide bonds. The van der Waals surface area contributed by atoms with E-state index in [1.54, 1.807) is 7.11 Å². The van der Waals surface area contributed by atoms with Gasteiger partial charge in [0.1, 0.15) is 5.75 Å². The van der Waals surface area contributed by atoms with Gasteiger partial charge in [0.2, 0.25) is 0 Å². The first-order valence-corrected chi connectivity index (χ1v) is 5.98. The molecule has 3 heteroatoms. The second kappa shape index (κ2) is 4.99. The number of benzene rings is 2. The molecule has 1 nitrogen and oxygen atoms in total. The van der Waals surface area contributed by atoms with Crippen molar-refractivity contribution >= 4 is 23.2 Å². The Morgan fingerprint density at radius 3 is 2.41 bits per heavy atom. The lowest BCUT2D eigenvalue weighted by molar-refractivity contribution is 0.415. The van der Waals surface area contributed by atoms with Crippen LogP contribution in [0.1, 0.15) is 5.56 Å². The van der Waals surface area contributed by atoms with Crippen molar-refractivity contribution in [2.45, 2.75) is 6.92 Å². The third-order valence-electron chi connectivity index (χ3n) is 2.66. The molecule has 0 aliphatic carbocycles. The summed E-state index contributed by atoms with van der Waals surface area (Å²) in [6.07, 6.45) is 0. The first-order chi connectivity index (χ1) is 8.13. The van der Waals surface area contributed by atoms with E-state index in [0.717, 1.165) is 22.4 Å². The van der Waals surface area contributed by atoms with Crippen LogP contribution in [-0.2, 0) is 0 Å². The molecule has 2 rings (SSSR count). The summed E-state index contributed by atoms with van der Waals surface area (Å²) in [7, 11) is 1.63. The van der Waals surface area contributed by atoms with Crippen LogP contribution in [0.25, 0.3) is 11.1 Å². The van der Waals surface area contributed by atoms with Gasteiger partial charge in [0.25, 0.3) is 0 Å². The van der Waals surface area contributed by atoms with Crippen LogP contribution in [0.4, 0.5) is 0 Å². The molecule has 2 aromatic rings. The lowest BCUT2D eigenvalue weighted by atomic mass is 10.0. The number of hydrogen-bond acceptors (Lipinski definition) is 1. The van der Waals surface area contributed by atoms with Crippen LogP contribution in [0.5, 0.6) is 5.75 Å². The second-order valence-corrected chi connectivity index (χ2v) is 4.59. The van der Waals surface area contributed by atoms with Gasteiger partial charge >= 0.3 is 0 Å². The van der Waals surface area contributed by atoms with E-state index in [0.29, 0.717) is 10.0 Å². The fraction of sp³-hybridized carbons (Fsp3) is 0.143. The molecule has 0 N–H and O–H groups in total. The first kappa shape index (κ1) is 12.3. The fourth-order valence-electron chi connectivity index (χ4n) is 1.80. The normalized spacial score (nSPS) is 10.4. The van der Waals surface area contributed by atoms with Gasteiger partial charge in [-0.2, -0.15) is 0 Å². The second-order valence-electron chi connectivity index (χ2n) is 3.78. The Hall–Kier alpha value is -1.18. The van der Waals surface area contributed by atoms with E-state index >= 15 is 0 Å². The molecule has 0 bridgehead atoms. The maximum absolute atomic E-state index is 6.23. The molecule has 17 heavy (non-hydrogen) atoms. The Kier molecular flexibility index (Phi) is 3.60. The summed E-state index contributed by atoms with van der Waals surface area (Å²) in [4.78, 5) is 0. The summed E-state index contributed by atoms with van der Waals surface area (Å²) >= 11 is 12.4. The van der Waals surface area contributed by atoms with Crippen LogP contribution < -0.4 is 4.74 Å². The third-order valence-corrected chi connectivity index (χ3v) is 3.31. The predicted octanol–water partition coefficient (Wildman–Crippen LogP) is 4.98. The molecular formula is C14H12Cl2O. The Morgan fingerprint density at radius 2 is 1.76 bits per heavy atom. The van der Waals surface area contributed by atoms with Crippen molar-refractivity contribution in [2.75, 3.05) is 7.11 Å².